The lowest BCUT2D eigenvalue weighted by molar-refractivity contribution is 0.253. The van der Waals surface area contributed by atoms with E-state index in [0.29, 0.717) is 5.92 Å². The third-order valence-corrected chi connectivity index (χ3v) is 5.10. The summed E-state index contributed by atoms with van der Waals surface area (Å²) < 4.78 is 0. The predicted octanol–water partition coefficient (Wildman–Crippen LogP) is 2.51. The van der Waals surface area contributed by atoms with Crippen molar-refractivity contribution < 1.29 is 0 Å². The van der Waals surface area contributed by atoms with E-state index in [0.717, 1.165) is 17.8 Å². The van der Waals surface area contributed by atoms with E-state index < -0.39 is 0 Å². The first-order valence-corrected chi connectivity index (χ1v) is 7.17. The molecule has 17 heavy (non-hydrogen) atoms. The smallest absolute Gasteiger partial charge is 0.113 e. The van der Waals surface area contributed by atoms with Gasteiger partial charge in [0.15, 0.2) is 0 Å². The summed E-state index contributed by atoms with van der Waals surface area (Å²) in [4.78, 5) is 7.12. The second kappa shape index (κ2) is 4.08. The molecular weight excluding hydrogens is 230 g/mol. The molecule has 0 spiro atoms. The zero-order valence-electron chi connectivity index (χ0n) is 10.1. The van der Waals surface area contributed by atoms with Crippen LogP contribution in [0.25, 0.3) is 0 Å². The van der Waals surface area contributed by atoms with E-state index >= 15 is 0 Å². The van der Waals surface area contributed by atoms with E-state index in [2.05, 4.69) is 23.4 Å². The maximum Gasteiger partial charge on any atom is 0.113 e. The lowest BCUT2D eigenvalue weighted by atomic mass is 9.94. The molecule has 0 aromatic carbocycles. The molecule has 0 unspecified atom stereocenters. The fraction of sp³-hybridized carbons (Fsp3) is 0.692. The first-order chi connectivity index (χ1) is 8.23. The minimum Gasteiger partial charge on any atom is -0.306 e. The normalized spacial score (nSPS) is 24.5. The number of aromatic nitrogens is 1. The minimum atomic E-state index is -0.200. The quantitative estimate of drug-likeness (QED) is 0.806. The van der Waals surface area contributed by atoms with E-state index in [9.17, 15) is 5.26 Å². The van der Waals surface area contributed by atoms with E-state index in [1.807, 2.05) is 0 Å². The van der Waals surface area contributed by atoms with Gasteiger partial charge in [0, 0.05) is 11.3 Å². The highest BCUT2D eigenvalue weighted by atomic mass is 32.1. The van der Waals surface area contributed by atoms with Crippen molar-refractivity contribution in [3.05, 3.63) is 16.1 Å². The average molecular weight is 247 g/mol. The number of hydrogen-bond acceptors (Lipinski definition) is 4. The summed E-state index contributed by atoms with van der Waals surface area (Å²) >= 11 is 1.69. The zero-order chi connectivity index (χ0) is 11.9. The summed E-state index contributed by atoms with van der Waals surface area (Å²) in [6.07, 6.45) is 4.42. The Morgan fingerprint density at radius 3 is 2.76 bits per heavy atom. The number of hydrogen-bond donors (Lipinski definition) is 0. The Kier molecular flexibility index (Phi) is 2.68. The number of piperidine rings is 1. The molecule has 1 saturated heterocycles. The summed E-state index contributed by atoms with van der Waals surface area (Å²) in [5.74, 6) is 0.616. The van der Waals surface area contributed by atoms with Crippen LogP contribution in [0, 0.1) is 11.3 Å². The summed E-state index contributed by atoms with van der Waals surface area (Å²) in [7, 11) is 2.18. The van der Waals surface area contributed by atoms with Crippen molar-refractivity contribution in [2.75, 3.05) is 20.1 Å². The molecule has 1 aromatic heterocycles. The Morgan fingerprint density at radius 2 is 2.18 bits per heavy atom. The molecule has 0 N–H and O–H groups in total. The molecule has 2 heterocycles. The van der Waals surface area contributed by atoms with Crippen LogP contribution in [0.2, 0.25) is 0 Å². The lowest BCUT2D eigenvalue weighted by Crippen LogP contribution is -2.29. The predicted molar refractivity (Wildman–Crippen MR) is 68.1 cm³/mol. The molecule has 3 nitrogen and oxygen atoms in total. The molecule has 1 aliphatic carbocycles. The fourth-order valence-corrected chi connectivity index (χ4v) is 3.61. The third kappa shape index (κ3) is 1.98. The number of likely N-dealkylation sites (tertiary alicyclic amines) is 1. The van der Waals surface area contributed by atoms with Gasteiger partial charge in [0.05, 0.1) is 11.8 Å². The van der Waals surface area contributed by atoms with E-state index in [4.69, 9.17) is 4.98 Å². The summed E-state index contributed by atoms with van der Waals surface area (Å²) in [6.45, 7) is 2.34. The van der Waals surface area contributed by atoms with Crippen LogP contribution < -0.4 is 0 Å². The van der Waals surface area contributed by atoms with Crippen LogP contribution >= 0.6 is 11.3 Å². The molecule has 2 aliphatic rings. The first-order valence-electron chi connectivity index (χ1n) is 6.29. The van der Waals surface area contributed by atoms with Crippen LogP contribution in [0.5, 0.6) is 0 Å². The van der Waals surface area contributed by atoms with Gasteiger partial charge in [-0.05, 0) is 45.8 Å². The molecule has 0 radical (unpaired) electrons. The summed E-state index contributed by atoms with van der Waals surface area (Å²) in [5, 5.41) is 12.4. The van der Waals surface area contributed by atoms with Crippen LogP contribution in [0.4, 0.5) is 0 Å². The maximum atomic E-state index is 9.17. The Balaban J connectivity index is 1.75. The minimum absolute atomic E-state index is 0.200. The molecule has 4 heteroatoms. The average Bonchev–Trinajstić information content (AvgIpc) is 3.00. The molecule has 0 atom stereocenters. The molecular formula is C13H17N3S. The van der Waals surface area contributed by atoms with Gasteiger partial charge in [0.1, 0.15) is 10.4 Å². The van der Waals surface area contributed by atoms with Gasteiger partial charge in [-0.2, -0.15) is 5.26 Å². The van der Waals surface area contributed by atoms with Crippen LogP contribution in [0.1, 0.15) is 42.3 Å². The van der Waals surface area contributed by atoms with E-state index in [1.165, 1.54) is 31.6 Å². The molecule has 0 amide bonds. The van der Waals surface area contributed by atoms with Crippen LogP contribution in [-0.2, 0) is 5.41 Å². The highest BCUT2D eigenvalue weighted by Gasteiger charge is 2.47. The molecule has 1 aliphatic heterocycles. The van der Waals surface area contributed by atoms with E-state index in [-0.39, 0.29) is 5.41 Å². The highest BCUT2D eigenvalue weighted by Crippen LogP contribution is 2.49. The Morgan fingerprint density at radius 1 is 1.47 bits per heavy atom. The van der Waals surface area contributed by atoms with Crippen molar-refractivity contribution in [3.8, 4) is 6.07 Å². The number of rotatable bonds is 2. The van der Waals surface area contributed by atoms with Crippen molar-refractivity contribution in [2.24, 2.45) is 0 Å². The van der Waals surface area contributed by atoms with Gasteiger partial charge in [0.2, 0.25) is 0 Å². The van der Waals surface area contributed by atoms with Gasteiger partial charge < -0.3 is 4.90 Å². The Labute approximate surface area is 106 Å². The van der Waals surface area contributed by atoms with Crippen molar-refractivity contribution >= 4 is 11.3 Å². The molecule has 1 saturated carbocycles. The Hall–Kier alpha value is -0.920. The molecule has 3 rings (SSSR count). The monoisotopic (exact) mass is 247 g/mol. The molecule has 90 valence electrons. The fourth-order valence-electron chi connectivity index (χ4n) is 2.50. The van der Waals surface area contributed by atoms with Crippen LogP contribution in [-0.4, -0.2) is 30.0 Å². The molecule has 2 fully saturated rings. The first kappa shape index (κ1) is 11.2. The highest BCUT2D eigenvalue weighted by molar-refractivity contribution is 7.09. The van der Waals surface area contributed by atoms with Gasteiger partial charge in [0.25, 0.3) is 0 Å². The van der Waals surface area contributed by atoms with Crippen molar-refractivity contribution in [1.29, 1.82) is 5.26 Å². The number of thiazole rings is 1. The number of nitriles is 1. The molecule has 1 aromatic rings. The van der Waals surface area contributed by atoms with Crippen molar-refractivity contribution in [2.45, 2.75) is 37.0 Å². The zero-order valence-corrected chi connectivity index (χ0v) is 11.0. The summed E-state index contributed by atoms with van der Waals surface area (Å²) in [6, 6.07) is 2.43. The Bertz CT molecular complexity index is 447. The second-order valence-corrected chi connectivity index (χ2v) is 6.21. The second-order valence-electron chi connectivity index (χ2n) is 5.35. The third-order valence-electron chi connectivity index (χ3n) is 4.03. The number of nitrogens with zero attached hydrogens (tertiary/aromatic N) is 3. The maximum absolute atomic E-state index is 9.17. The van der Waals surface area contributed by atoms with E-state index in [1.54, 1.807) is 11.3 Å². The van der Waals surface area contributed by atoms with Gasteiger partial charge in [-0.25, -0.2) is 4.98 Å². The van der Waals surface area contributed by atoms with Gasteiger partial charge in [-0.1, -0.05) is 0 Å². The van der Waals surface area contributed by atoms with Crippen molar-refractivity contribution in [3.63, 3.8) is 0 Å². The van der Waals surface area contributed by atoms with Crippen LogP contribution in [0.15, 0.2) is 5.38 Å². The van der Waals surface area contributed by atoms with Gasteiger partial charge >= 0.3 is 0 Å². The van der Waals surface area contributed by atoms with Crippen LogP contribution in [0.3, 0.4) is 0 Å². The van der Waals surface area contributed by atoms with Gasteiger partial charge in [-0.15, -0.1) is 11.3 Å². The summed E-state index contributed by atoms with van der Waals surface area (Å²) in [5.41, 5.74) is 1.04. The standard InChI is InChI=1S/C13H17N3S/c1-16-6-2-10(3-7-16)11-8-17-12(15-11)13(9-14)4-5-13/h8,10H,2-7H2,1H3. The molecule has 0 bridgehead atoms. The lowest BCUT2D eigenvalue weighted by Gasteiger charge is -2.27. The largest absolute Gasteiger partial charge is 0.306 e. The van der Waals surface area contributed by atoms with Crippen molar-refractivity contribution in [1.82, 2.24) is 9.88 Å². The topological polar surface area (TPSA) is 39.9 Å². The SMILES string of the molecule is CN1CCC(c2csc(C3(C#N)CC3)n2)CC1. The van der Waals surface area contributed by atoms with Gasteiger partial charge in [-0.3, -0.25) is 0 Å².